The van der Waals surface area contributed by atoms with Gasteiger partial charge in [-0.05, 0) is 48.5 Å². The predicted octanol–water partition coefficient (Wildman–Crippen LogP) is 5.87. The summed E-state index contributed by atoms with van der Waals surface area (Å²) >= 11 is 1.43. The molecule has 158 valence electrons. The van der Waals surface area contributed by atoms with Gasteiger partial charge in [0.15, 0.2) is 11.0 Å². The van der Waals surface area contributed by atoms with E-state index in [-0.39, 0.29) is 11.5 Å². The molecule has 0 saturated carbocycles. The van der Waals surface area contributed by atoms with E-state index in [0.717, 1.165) is 17.9 Å². The van der Waals surface area contributed by atoms with Gasteiger partial charge >= 0.3 is 0 Å². The third-order valence-electron chi connectivity index (χ3n) is 4.60. The van der Waals surface area contributed by atoms with E-state index in [1.807, 2.05) is 30.3 Å². The first-order valence-electron chi connectivity index (χ1n) is 10.4. The maximum atomic E-state index is 10.2. The number of benzene rings is 2. The first-order chi connectivity index (χ1) is 14.7. The van der Waals surface area contributed by atoms with E-state index < -0.39 is 0 Å². The highest BCUT2D eigenvalue weighted by atomic mass is 32.2. The summed E-state index contributed by atoms with van der Waals surface area (Å²) in [7, 11) is 0. The Morgan fingerprint density at radius 1 is 0.867 bits per heavy atom. The molecule has 0 fully saturated rings. The van der Waals surface area contributed by atoms with Crippen molar-refractivity contribution >= 4 is 17.7 Å². The number of nitrogens with zero attached hydrogens (tertiary/aromatic N) is 3. The van der Waals surface area contributed by atoms with Crippen molar-refractivity contribution in [3.63, 3.8) is 0 Å². The van der Waals surface area contributed by atoms with Crippen molar-refractivity contribution in [2.75, 3.05) is 11.9 Å². The molecule has 0 spiro atoms. The zero-order valence-corrected chi connectivity index (χ0v) is 18.0. The van der Waals surface area contributed by atoms with E-state index in [4.69, 9.17) is 0 Å². The standard InChI is InChI=1S/C23H28N4O2S/c1-2-3-4-5-6-10-15-24-22-25-21(19-16-17(28)13-14-20(19)29)26-23(27-22)30-18-11-8-7-9-12-18/h7-9,11-14,16,28-29H,2-6,10,15H2,1H3,(H,24,25,26,27). The van der Waals surface area contributed by atoms with Crippen molar-refractivity contribution < 1.29 is 10.2 Å². The lowest BCUT2D eigenvalue weighted by Crippen LogP contribution is -2.08. The van der Waals surface area contributed by atoms with Crippen LogP contribution in [-0.2, 0) is 0 Å². The molecule has 0 aliphatic rings. The summed E-state index contributed by atoms with van der Waals surface area (Å²) in [6.45, 7) is 2.99. The van der Waals surface area contributed by atoms with Crippen LogP contribution in [0, 0.1) is 0 Å². The minimum absolute atomic E-state index is 0.0107. The summed E-state index contributed by atoms with van der Waals surface area (Å²) in [5.41, 5.74) is 0.370. The molecule has 0 atom stereocenters. The Kier molecular flexibility index (Phi) is 8.32. The quantitative estimate of drug-likeness (QED) is 0.262. The molecule has 0 bridgehead atoms. The van der Waals surface area contributed by atoms with Crippen molar-refractivity contribution in [1.29, 1.82) is 0 Å². The van der Waals surface area contributed by atoms with Gasteiger partial charge in [-0.15, -0.1) is 0 Å². The van der Waals surface area contributed by atoms with Crippen LogP contribution in [-0.4, -0.2) is 31.7 Å². The number of unbranched alkanes of at least 4 members (excludes halogenated alkanes) is 5. The normalized spacial score (nSPS) is 10.8. The number of hydrogen-bond donors (Lipinski definition) is 3. The maximum Gasteiger partial charge on any atom is 0.227 e. The van der Waals surface area contributed by atoms with Gasteiger partial charge in [-0.25, -0.2) is 4.98 Å². The smallest absolute Gasteiger partial charge is 0.227 e. The average molecular weight is 425 g/mol. The van der Waals surface area contributed by atoms with Crippen molar-refractivity contribution in [3.8, 4) is 22.9 Å². The van der Waals surface area contributed by atoms with Crippen LogP contribution in [0.2, 0.25) is 0 Å². The van der Waals surface area contributed by atoms with E-state index in [1.54, 1.807) is 0 Å². The molecular weight excluding hydrogens is 396 g/mol. The average Bonchev–Trinajstić information content (AvgIpc) is 2.75. The SMILES string of the molecule is CCCCCCCCNc1nc(Sc2ccccc2)nc(-c2cc(O)ccc2O)n1. The summed E-state index contributed by atoms with van der Waals surface area (Å²) in [5, 5.41) is 23.9. The highest BCUT2D eigenvalue weighted by Crippen LogP contribution is 2.32. The second-order valence-electron chi connectivity index (χ2n) is 7.08. The molecule has 0 radical (unpaired) electrons. The minimum atomic E-state index is 0.0107. The van der Waals surface area contributed by atoms with Gasteiger partial charge in [0.1, 0.15) is 11.5 Å². The molecule has 30 heavy (non-hydrogen) atoms. The summed E-state index contributed by atoms with van der Waals surface area (Å²) < 4.78 is 0. The van der Waals surface area contributed by atoms with Crippen LogP contribution in [0.5, 0.6) is 11.5 Å². The van der Waals surface area contributed by atoms with Crippen LogP contribution in [0.4, 0.5) is 5.95 Å². The maximum absolute atomic E-state index is 10.2. The Morgan fingerprint density at radius 3 is 2.43 bits per heavy atom. The van der Waals surface area contributed by atoms with Gasteiger partial charge in [0.25, 0.3) is 0 Å². The summed E-state index contributed by atoms with van der Waals surface area (Å²) in [5.74, 6) is 0.843. The fourth-order valence-corrected chi connectivity index (χ4v) is 3.77. The second kappa shape index (κ2) is 11.4. The van der Waals surface area contributed by atoms with Gasteiger partial charge in [-0.1, -0.05) is 57.2 Å². The molecule has 2 aromatic carbocycles. The molecular formula is C23H28N4O2S. The number of aromatic hydroxyl groups is 2. The Hall–Kier alpha value is -2.80. The Labute approximate surface area is 181 Å². The molecule has 1 heterocycles. The largest absolute Gasteiger partial charge is 0.508 e. The first kappa shape index (κ1) is 21.9. The molecule has 1 aromatic heterocycles. The summed E-state index contributed by atoms with van der Waals surface area (Å²) in [4.78, 5) is 14.5. The zero-order chi connectivity index (χ0) is 21.2. The van der Waals surface area contributed by atoms with Crippen LogP contribution in [0.15, 0.2) is 58.6 Å². The molecule has 0 aliphatic carbocycles. The van der Waals surface area contributed by atoms with E-state index in [9.17, 15) is 10.2 Å². The molecule has 3 aromatic rings. The number of nitrogens with one attached hydrogen (secondary N) is 1. The van der Waals surface area contributed by atoms with Crippen molar-refractivity contribution in [1.82, 2.24) is 15.0 Å². The Bertz CT molecular complexity index is 938. The van der Waals surface area contributed by atoms with Crippen molar-refractivity contribution in [3.05, 3.63) is 48.5 Å². The van der Waals surface area contributed by atoms with Crippen molar-refractivity contribution in [2.45, 2.75) is 55.5 Å². The summed E-state index contributed by atoms with van der Waals surface area (Å²) in [6.07, 6.45) is 7.27. The van der Waals surface area contributed by atoms with Gasteiger partial charge in [-0.3, -0.25) is 0 Å². The zero-order valence-electron chi connectivity index (χ0n) is 17.2. The molecule has 7 heteroatoms. The number of hydrogen-bond acceptors (Lipinski definition) is 7. The highest BCUT2D eigenvalue weighted by molar-refractivity contribution is 7.99. The number of anilines is 1. The van der Waals surface area contributed by atoms with Gasteiger partial charge in [0.05, 0.1) is 5.56 Å². The molecule has 6 nitrogen and oxygen atoms in total. The van der Waals surface area contributed by atoms with Gasteiger partial charge in [0.2, 0.25) is 5.95 Å². The lowest BCUT2D eigenvalue weighted by Gasteiger charge is -2.10. The van der Waals surface area contributed by atoms with E-state index in [2.05, 4.69) is 27.2 Å². The number of phenols is 2. The number of rotatable bonds is 11. The van der Waals surface area contributed by atoms with Crippen LogP contribution in [0.1, 0.15) is 45.4 Å². The van der Waals surface area contributed by atoms with E-state index in [1.165, 1.54) is 62.1 Å². The van der Waals surface area contributed by atoms with Crippen LogP contribution in [0.3, 0.4) is 0 Å². The monoisotopic (exact) mass is 424 g/mol. The van der Waals surface area contributed by atoms with E-state index >= 15 is 0 Å². The first-order valence-corrected chi connectivity index (χ1v) is 11.2. The Balaban J connectivity index is 1.77. The lowest BCUT2D eigenvalue weighted by molar-refractivity contribution is 0.461. The fourth-order valence-electron chi connectivity index (χ4n) is 3.00. The summed E-state index contributed by atoms with van der Waals surface area (Å²) in [6, 6.07) is 14.2. The minimum Gasteiger partial charge on any atom is -0.508 e. The van der Waals surface area contributed by atoms with Crippen LogP contribution >= 0.6 is 11.8 Å². The molecule has 0 amide bonds. The van der Waals surface area contributed by atoms with Crippen LogP contribution in [0.25, 0.3) is 11.4 Å². The number of aromatic nitrogens is 3. The molecule has 3 N–H and O–H groups in total. The van der Waals surface area contributed by atoms with Crippen molar-refractivity contribution in [2.24, 2.45) is 0 Å². The second-order valence-corrected chi connectivity index (χ2v) is 8.12. The van der Waals surface area contributed by atoms with E-state index in [0.29, 0.717) is 22.5 Å². The lowest BCUT2D eigenvalue weighted by atomic mass is 10.1. The third-order valence-corrected chi connectivity index (χ3v) is 5.47. The van der Waals surface area contributed by atoms with Gasteiger partial charge in [0, 0.05) is 11.4 Å². The number of phenolic OH excluding ortho intramolecular Hbond substituents is 2. The molecule has 0 unspecified atom stereocenters. The Morgan fingerprint density at radius 2 is 1.63 bits per heavy atom. The highest BCUT2D eigenvalue weighted by Gasteiger charge is 2.14. The van der Waals surface area contributed by atoms with Gasteiger partial charge < -0.3 is 15.5 Å². The molecule has 0 saturated heterocycles. The predicted molar refractivity (Wildman–Crippen MR) is 121 cm³/mol. The molecule has 3 rings (SSSR count). The van der Waals surface area contributed by atoms with Gasteiger partial charge in [-0.2, -0.15) is 9.97 Å². The fraction of sp³-hybridized carbons (Fsp3) is 0.348. The van der Waals surface area contributed by atoms with Crippen LogP contribution < -0.4 is 5.32 Å². The molecule has 0 aliphatic heterocycles. The topological polar surface area (TPSA) is 91.2 Å². The third kappa shape index (κ3) is 6.62.